The summed E-state index contributed by atoms with van der Waals surface area (Å²) in [5.74, 6) is -0.511. The van der Waals surface area contributed by atoms with E-state index in [4.69, 9.17) is 0 Å². The lowest BCUT2D eigenvalue weighted by Crippen LogP contribution is -2.45. The fourth-order valence-corrected chi connectivity index (χ4v) is 3.18. The first-order valence-corrected chi connectivity index (χ1v) is 9.31. The molecule has 1 aliphatic rings. The summed E-state index contributed by atoms with van der Waals surface area (Å²) in [4.78, 5) is 37.8. The summed E-state index contributed by atoms with van der Waals surface area (Å²) in [5, 5.41) is 8.44. The minimum atomic E-state index is -0.259. The second-order valence-electron chi connectivity index (χ2n) is 6.83. The number of piperidine rings is 1. The zero-order chi connectivity index (χ0) is 19.9. The van der Waals surface area contributed by atoms with Crippen LogP contribution >= 0.6 is 0 Å². The summed E-state index contributed by atoms with van der Waals surface area (Å²) in [7, 11) is 0. The number of anilines is 3. The Balaban J connectivity index is 1.55. The van der Waals surface area contributed by atoms with Crippen LogP contribution in [-0.4, -0.2) is 35.8 Å². The standard InChI is InChI=1S/C21H24N4O3/c1-15(26)22-18-9-11-19(12-10-18)23-20(27)16-6-5-13-25(14-16)21(28)24-17-7-3-2-4-8-17/h2-4,7-12,16H,5-6,13-14H2,1H3,(H,22,26)(H,23,27)(H,24,28)/t16-/m1/s1. The minimum absolute atomic E-state index is 0.107. The number of nitrogens with one attached hydrogen (secondary N) is 3. The molecule has 3 rings (SSSR count). The van der Waals surface area contributed by atoms with Crippen LogP contribution < -0.4 is 16.0 Å². The predicted octanol–water partition coefficient (Wildman–Crippen LogP) is 3.53. The second-order valence-corrected chi connectivity index (χ2v) is 6.83. The van der Waals surface area contributed by atoms with E-state index in [1.165, 1.54) is 6.92 Å². The third-order valence-electron chi connectivity index (χ3n) is 4.58. The second kappa shape index (κ2) is 9.03. The molecule has 1 aliphatic heterocycles. The number of para-hydroxylation sites is 1. The number of nitrogens with zero attached hydrogens (tertiary/aromatic N) is 1. The Morgan fingerprint density at radius 2 is 1.46 bits per heavy atom. The van der Waals surface area contributed by atoms with Gasteiger partial charge in [0.15, 0.2) is 0 Å². The Kier molecular flexibility index (Phi) is 6.26. The predicted molar refractivity (Wildman–Crippen MR) is 109 cm³/mol. The van der Waals surface area contributed by atoms with Gasteiger partial charge in [-0.25, -0.2) is 4.79 Å². The molecule has 1 saturated heterocycles. The molecule has 146 valence electrons. The molecule has 2 aromatic rings. The van der Waals surface area contributed by atoms with Crippen molar-refractivity contribution in [1.29, 1.82) is 0 Å². The van der Waals surface area contributed by atoms with Crippen molar-refractivity contribution >= 4 is 34.9 Å². The van der Waals surface area contributed by atoms with Gasteiger partial charge in [0, 0.05) is 37.1 Å². The molecule has 0 unspecified atom stereocenters. The number of carbonyl (C=O) groups excluding carboxylic acids is 3. The van der Waals surface area contributed by atoms with Gasteiger partial charge in [-0.05, 0) is 49.2 Å². The van der Waals surface area contributed by atoms with Gasteiger partial charge in [0.1, 0.15) is 0 Å². The molecule has 0 bridgehead atoms. The number of urea groups is 1. The summed E-state index contributed by atoms with van der Waals surface area (Å²) >= 11 is 0. The Morgan fingerprint density at radius 1 is 0.857 bits per heavy atom. The molecular weight excluding hydrogens is 356 g/mol. The minimum Gasteiger partial charge on any atom is -0.326 e. The van der Waals surface area contributed by atoms with Gasteiger partial charge in [0.05, 0.1) is 5.92 Å². The number of benzene rings is 2. The summed E-state index contributed by atoms with van der Waals surface area (Å²) < 4.78 is 0. The smallest absolute Gasteiger partial charge is 0.321 e. The number of amides is 4. The molecule has 1 heterocycles. The molecule has 0 aliphatic carbocycles. The van der Waals surface area contributed by atoms with Gasteiger partial charge in [-0.15, -0.1) is 0 Å². The maximum Gasteiger partial charge on any atom is 0.321 e. The molecule has 1 atom stereocenters. The average molecular weight is 380 g/mol. The van der Waals surface area contributed by atoms with Crippen molar-refractivity contribution in [3.63, 3.8) is 0 Å². The molecule has 0 spiro atoms. The summed E-state index contributed by atoms with van der Waals surface area (Å²) in [6.07, 6.45) is 1.52. The SMILES string of the molecule is CC(=O)Nc1ccc(NC(=O)[C@@H]2CCCN(C(=O)Nc3ccccc3)C2)cc1. The van der Waals surface area contributed by atoms with Crippen LogP contribution in [0.1, 0.15) is 19.8 Å². The van der Waals surface area contributed by atoms with Gasteiger partial charge in [0.25, 0.3) is 0 Å². The highest BCUT2D eigenvalue weighted by atomic mass is 16.2. The quantitative estimate of drug-likeness (QED) is 0.758. The zero-order valence-electron chi connectivity index (χ0n) is 15.8. The monoisotopic (exact) mass is 380 g/mol. The Bertz CT molecular complexity index is 836. The topological polar surface area (TPSA) is 90.5 Å². The fourth-order valence-electron chi connectivity index (χ4n) is 3.18. The Morgan fingerprint density at radius 3 is 2.11 bits per heavy atom. The summed E-state index contributed by atoms with van der Waals surface area (Å²) in [6, 6.07) is 16.0. The molecule has 4 amide bonds. The van der Waals surface area contributed by atoms with Crippen LogP contribution in [0.3, 0.4) is 0 Å². The van der Waals surface area contributed by atoms with E-state index in [2.05, 4.69) is 16.0 Å². The van der Waals surface area contributed by atoms with Crippen LogP contribution in [-0.2, 0) is 9.59 Å². The molecule has 2 aromatic carbocycles. The largest absolute Gasteiger partial charge is 0.326 e. The van der Waals surface area contributed by atoms with E-state index >= 15 is 0 Å². The first-order valence-electron chi connectivity index (χ1n) is 9.31. The number of hydrogen-bond donors (Lipinski definition) is 3. The Labute approximate surface area is 164 Å². The van der Waals surface area contributed by atoms with E-state index in [0.717, 1.165) is 18.5 Å². The van der Waals surface area contributed by atoms with Crippen LogP contribution in [0.4, 0.5) is 21.9 Å². The zero-order valence-corrected chi connectivity index (χ0v) is 15.8. The van der Waals surface area contributed by atoms with Crippen molar-refractivity contribution in [2.45, 2.75) is 19.8 Å². The molecular formula is C21H24N4O3. The van der Waals surface area contributed by atoms with Crippen molar-refractivity contribution in [3.8, 4) is 0 Å². The molecule has 0 radical (unpaired) electrons. The number of rotatable bonds is 4. The normalized spacial score (nSPS) is 16.2. The first kappa shape index (κ1) is 19.4. The van der Waals surface area contributed by atoms with Crippen LogP contribution in [0.2, 0.25) is 0 Å². The van der Waals surface area contributed by atoms with Gasteiger partial charge in [-0.1, -0.05) is 18.2 Å². The summed E-state index contributed by atoms with van der Waals surface area (Å²) in [6.45, 7) is 2.46. The van der Waals surface area contributed by atoms with E-state index in [0.29, 0.717) is 24.5 Å². The maximum absolute atomic E-state index is 12.6. The van der Waals surface area contributed by atoms with Crippen molar-refractivity contribution in [2.75, 3.05) is 29.0 Å². The van der Waals surface area contributed by atoms with Gasteiger partial charge >= 0.3 is 6.03 Å². The van der Waals surface area contributed by atoms with Crippen LogP contribution in [0, 0.1) is 5.92 Å². The average Bonchev–Trinajstić information content (AvgIpc) is 2.70. The number of carbonyl (C=O) groups is 3. The van der Waals surface area contributed by atoms with Crippen molar-refractivity contribution in [1.82, 2.24) is 4.90 Å². The van der Waals surface area contributed by atoms with Crippen LogP contribution in [0.15, 0.2) is 54.6 Å². The maximum atomic E-state index is 12.6. The molecule has 0 saturated carbocycles. The molecule has 28 heavy (non-hydrogen) atoms. The van der Waals surface area contributed by atoms with Gasteiger partial charge < -0.3 is 20.9 Å². The van der Waals surface area contributed by atoms with Crippen molar-refractivity contribution in [2.24, 2.45) is 5.92 Å². The lowest BCUT2D eigenvalue weighted by molar-refractivity contribution is -0.121. The highest BCUT2D eigenvalue weighted by molar-refractivity contribution is 5.95. The van der Waals surface area contributed by atoms with Gasteiger partial charge in [-0.3, -0.25) is 9.59 Å². The highest BCUT2D eigenvalue weighted by Gasteiger charge is 2.28. The third kappa shape index (κ3) is 5.33. The van der Waals surface area contributed by atoms with Gasteiger partial charge in [-0.2, -0.15) is 0 Å². The molecule has 0 aromatic heterocycles. The number of hydrogen-bond acceptors (Lipinski definition) is 3. The van der Waals surface area contributed by atoms with Gasteiger partial charge in [0.2, 0.25) is 11.8 Å². The first-order chi connectivity index (χ1) is 13.5. The molecule has 1 fully saturated rings. The molecule has 7 heteroatoms. The fraction of sp³-hybridized carbons (Fsp3) is 0.286. The lowest BCUT2D eigenvalue weighted by Gasteiger charge is -2.32. The van der Waals surface area contributed by atoms with Crippen molar-refractivity contribution < 1.29 is 14.4 Å². The van der Waals surface area contributed by atoms with E-state index < -0.39 is 0 Å². The molecule has 7 nitrogen and oxygen atoms in total. The summed E-state index contributed by atoms with van der Waals surface area (Å²) in [5.41, 5.74) is 2.07. The van der Waals surface area contributed by atoms with Crippen LogP contribution in [0.5, 0.6) is 0 Å². The van der Waals surface area contributed by atoms with E-state index in [1.54, 1.807) is 29.2 Å². The molecule has 3 N–H and O–H groups in total. The van der Waals surface area contributed by atoms with E-state index in [1.807, 2.05) is 30.3 Å². The van der Waals surface area contributed by atoms with Crippen molar-refractivity contribution in [3.05, 3.63) is 54.6 Å². The lowest BCUT2D eigenvalue weighted by atomic mass is 9.97. The number of likely N-dealkylation sites (tertiary alicyclic amines) is 1. The third-order valence-corrected chi connectivity index (χ3v) is 4.58. The Hall–Kier alpha value is -3.35. The van der Waals surface area contributed by atoms with Crippen LogP contribution in [0.25, 0.3) is 0 Å². The van der Waals surface area contributed by atoms with E-state index in [-0.39, 0.29) is 23.8 Å². The highest BCUT2D eigenvalue weighted by Crippen LogP contribution is 2.21. The van der Waals surface area contributed by atoms with E-state index in [9.17, 15) is 14.4 Å².